The summed E-state index contributed by atoms with van der Waals surface area (Å²) in [6.07, 6.45) is 4.30. The maximum Gasteiger partial charge on any atom is 0.132 e. The molecule has 0 amide bonds. The van der Waals surface area contributed by atoms with E-state index in [2.05, 4.69) is 22.5 Å². The molecular formula is C12H13N3. The lowest BCUT2D eigenvalue weighted by Crippen LogP contribution is -2.14. The van der Waals surface area contributed by atoms with Gasteiger partial charge in [-0.25, -0.2) is 4.68 Å². The fourth-order valence-corrected chi connectivity index (χ4v) is 2.00. The van der Waals surface area contributed by atoms with E-state index in [-0.39, 0.29) is 0 Å². The number of aromatic nitrogens is 2. The van der Waals surface area contributed by atoms with E-state index in [4.69, 9.17) is 0 Å². The Hall–Kier alpha value is -1.77. The topological polar surface area (TPSA) is 29.9 Å². The number of hydrogen-bond acceptors (Lipinski definition) is 2. The van der Waals surface area contributed by atoms with Crippen LogP contribution in [0.15, 0.2) is 36.5 Å². The van der Waals surface area contributed by atoms with Crippen LogP contribution >= 0.6 is 0 Å². The zero-order chi connectivity index (χ0) is 10.1. The fraction of sp³-hybridized carbons (Fsp3) is 0.250. The predicted octanol–water partition coefficient (Wildman–Crippen LogP) is 2.23. The minimum Gasteiger partial charge on any atom is -0.370 e. The number of anilines is 1. The highest BCUT2D eigenvalue weighted by Crippen LogP contribution is 2.24. The summed E-state index contributed by atoms with van der Waals surface area (Å²) in [6.45, 7) is 1.05. The summed E-state index contributed by atoms with van der Waals surface area (Å²) >= 11 is 0. The highest BCUT2D eigenvalue weighted by atomic mass is 15.3. The van der Waals surface area contributed by atoms with Gasteiger partial charge in [0, 0.05) is 12.1 Å². The number of para-hydroxylation sites is 1. The highest BCUT2D eigenvalue weighted by molar-refractivity contribution is 5.51. The van der Waals surface area contributed by atoms with E-state index in [1.54, 1.807) is 0 Å². The number of benzene rings is 1. The summed E-state index contributed by atoms with van der Waals surface area (Å²) in [5, 5.41) is 7.83. The number of nitrogens with zero attached hydrogens (tertiary/aromatic N) is 2. The van der Waals surface area contributed by atoms with Gasteiger partial charge in [0.15, 0.2) is 0 Å². The van der Waals surface area contributed by atoms with E-state index >= 15 is 0 Å². The normalized spacial score (nSPS) is 14.4. The zero-order valence-electron chi connectivity index (χ0n) is 8.48. The molecule has 1 N–H and O–H groups in total. The van der Waals surface area contributed by atoms with Crippen LogP contribution in [0.5, 0.6) is 0 Å². The third-order valence-corrected chi connectivity index (χ3v) is 2.76. The summed E-state index contributed by atoms with van der Waals surface area (Å²) in [6, 6.07) is 10.2. The molecule has 76 valence electrons. The Morgan fingerprint density at radius 3 is 2.93 bits per heavy atom. The Morgan fingerprint density at radius 2 is 2.07 bits per heavy atom. The molecule has 3 nitrogen and oxygen atoms in total. The Balaban J connectivity index is 2.09. The van der Waals surface area contributed by atoms with Crippen molar-refractivity contribution in [3.05, 3.63) is 42.1 Å². The number of rotatable bonds is 1. The summed E-state index contributed by atoms with van der Waals surface area (Å²) in [7, 11) is 0. The van der Waals surface area contributed by atoms with Gasteiger partial charge in [0.2, 0.25) is 0 Å². The first-order chi connectivity index (χ1) is 7.45. The van der Waals surface area contributed by atoms with E-state index in [9.17, 15) is 0 Å². The minimum absolute atomic E-state index is 1.05. The predicted molar refractivity (Wildman–Crippen MR) is 60.4 cm³/mol. The van der Waals surface area contributed by atoms with Gasteiger partial charge in [0.1, 0.15) is 5.82 Å². The Morgan fingerprint density at radius 1 is 1.20 bits per heavy atom. The molecule has 0 saturated heterocycles. The fourth-order valence-electron chi connectivity index (χ4n) is 2.00. The molecule has 2 aromatic rings. The second-order valence-corrected chi connectivity index (χ2v) is 3.80. The third-order valence-electron chi connectivity index (χ3n) is 2.76. The van der Waals surface area contributed by atoms with Crippen molar-refractivity contribution in [1.29, 1.82) is 0 Å². The van der Waals surface area contributed by atoms with E-state index in [1.165, 1.54) is 12.0 Å². The van der Waals surface area contributed by atoms with Gasteiger partial charge in [-0.05, 0) is 25.0 Å². The van der Waals surface area contributed by atoms with Gasteiger partial charge in [-0.3, -0.25) is 0 Å². The van der Waals surface area contributed by atoms with Gasteiger partial charge in [0.25, 0.3) is 0 Å². The summed E-state index contributed by atoms with van der Waals surface area (Å²) < 4.78 is 1.98. The van der Waals surface area contributed by atoms with Crippen molar-refractivity contribution >= 4 is 5.82 Å². The lowest BCUT2D eigenvalue weighted by Gasteiger charge is -2.15. The quantitative estimate of drug-likeness (QED) is 0.763. The van der Waals surface area contributed by atoms with Gasteiger partial charge in [0.05, 0.1) is 11.9 Å². The number of aryl methyl sites for hydroxylation is 1. The van der Waals surface area contributed by atoms with Gasteiger partial charge in [-0.2, -0.15) is 5.10 Å². The second-order valence-electron chi connectivity index (χ2n) is 3.80. The smallest absolute Gasteiger partial charge is 0.132 e. The van der Waals surface area contributed by atoms with Crippen molar-refractivity contribution in [3.8, 4) is 5.69 Å². The number of hydrogen-bond donors (Lipinski definition) is 1. The van der Waals surface area contributed by atoms with Crippen LogP contribution in [0.2, 0.25) is 0 Å². The Kier molecular flexibility index (Phi) is 1.95. The molecule has 0 fully saturated rings. The average molecular weight is 199 g/mol. The molecule has 1 aromatic carbocycles. The Bertz CT molecular complexity index is 459. The molecule has 1 aliphatic rings. The largest absolute Gasteiger partial charge is 0.370 e. The lowest BCUT2D eigenvalue weighted by atomic mass is 10.1. The summed E-state index contributed by atoms with van der Waals surface area (Å²) in [4.78, 5) is 0. The highest BCUT2D eigenvalue weighted by Gasteiger charge is 2.14. The van der Waals surface area contributed by atoms with E-state index in [0.29, 0.717) is 0 Å². The molecule has 0 unspecified atom stereocenters. The van der Waals surface area contributed by atoms with Crippen LogP contribution in [0.4, 0.5) is 5.82 Å². The molecule has 1 aliphatic heterocycles. The first-order valence-electron chi connectivity index (χ1n) is 5.31. The lowest BCUT2D eigenvalue weighted by molar-refractivity contribution is 0.806. The van der Waals surface area contributed by atoms with Gasteiger partial charge >= 0.3 is 0 Å². The van der Waals surface area contributed by atoms with Crippen LogP contribution in [0.25, 0.3) is 5.69 Å². The molecule has 1 aromatic heterocycles. The van der Waals surface area contributed by atoms with Crippen LogP contribution in [0.1, 0.15) is 12.0 Å². The van der Waals surface area contributed by atoms with Crippen LogP contribution in [0.3, 0.4) is 0 Å². The molecule has 15 heavy (non-hydrogen) atoms. The minimum atomic E-state index is 1.05. The average Bonchev–Trinajstić information content (AvgIpc) is 2.74. The molecule has 0 saturated carbocycles. The molecule has 0 atom stereocenters. The molecule has 3 heteroatoms. The molecule has 2 heterocycles. The first-order valence-corrected chi connectivity index (χ1v) is 5.31. The zero-order valence-corrected chi connectivity index (χ0v) is 8.48. The molecule has 3 rings (SSSR count). The van der Waals surface area contributed by atoms with E-state index in [0.717, 1.165) is 24.5 Å². The van der Waals surface area contributed by atoms with Crippen LogP contribution in [-0.2, 0) is 6.42 Å². The van der Waals surface area contributed by atoms with Crippen molar-refractivity contribution in [3.63, 3.8) is 0 Å². The van der Waals surface area contributed by atoms with Crippen LogP contribution in [-0.4, -0.2) is 16.3 Å². The van der Waals surface area contributed by atoms with E-state index < -0.39 is 0 Å². The van der Waals surface area contributed by atoms with Crippen molar-refractivity contribution in [2.75, 3.05) is 11.9 Å². The maximum absolute atomic E-state index is 4.42. The molecular weight excluding hydrogens is 186 g/mol. The molecule has 0 bridgehead atoms. The van der Waals surface area contributed by atoms with Gasteiger partial charge in [-0.1, -0.05) is 18.2 Å². The van der Waals surface area contributed by atoms with Crippen LogP contribution in [0, 0.1) is 0 Å². The Labute approximate surface area is 88.7 Å². The van der Waals surface area contributed by atoms with Gasteiger partial charge in [-0.15, -0.1) is 0 Å². The van der Waals surface area contributed by atoms with E-state index in [1.807, 2.05) is 29.1 Å². The summed E-state index contributed by atoms with van der Waals surface area (Å²) in [5.74, 6) is 1.16. The standard InChI is InChI=1S/C12H13N3/c1-2-6-11(7-3-1)15-12-10(9-14-15)5-4-8-13-12/h1-3,6-7,9,13H,4-5,8H2. The van der Waals surface area contributed by atoms with Crippen molar-refractivity contribution in [2.45, 2.75) is 12.8 Å². The molecule has 0 aliphatic carbocycles. The van der Waals surface area contributed by atoms with Crippen molar-refractivity contribution in [1.82, 2.24) is 9.78 Å². The van der Waals surface area contributed by atoms with Crippen LogP contribution < -0.4 is 5.32 Å². The first kappa shape index (κ1) is 8.53. The SMILES string of the molecule is c1ccc(-n2ncc3c2NCCC3)cc1. The maximum atomic E-state index is 4.42. The number of fused-ring (bicyclic) bond motifs is 1. The molecule has 0 radical (unpaired) electrons. The van der Waals surface area contributed by atoms with Crippen molar-refractivity contribution in [2.24, 2.45) is 0 Å². The number of nitrogens with one attached hydrogen (secondary N) is 1. The van der Waals surface area contributed by atoms with Crippen molar-refractivity contribution < 1.29 is 0 Å². The monoisotopic (exact) mass is 199 g/mol. The second kappa shape index (κ2) is 3.42. The molecule has 0 spiro atoms. The van der Waals surface area contributed by atoms with Gasteiger partial charge < -0.3 is 5.32 Å². The summed E-state index contributed by atoms with van der Waals surface area (Å²) in [5.41, 5.74) is 2.44. The third kappa shape index (κ3) is 1.40.